The van der Waals surface area contributed by atoms with E-state index in [2.05, 4.69) is 34.3 Å². The molecular weight excluding hydrogens is 352 g/mol. The van der Waals surface area contributed by atoms with Crippen LogP contribution in [0.5, 0.6) is 5.75 Å². The molecule has 0 aliphatic carbocycles. The molecule has 21 heavy (non-hydrogen) atoms. The third kappa shape index (κ3) is 3.24. The van der Waals surface area contributed by atoms with E-state index in [4.69, 9.17) is 22.2 Å². The summed E-state index contributed by atoms with van der Waals surface area (Å²) in [6.07, 6.45) is 0. The highest BCUT2D eigenvalue weighted by molar-refractivity contribution is 9.10. The number of halogens is 2. The number of benzene rings is 2. The Morgan fingerprint density at radius 2 is 1.95 bits per heavy atom. The second-order valence-corrected chi connectivity index (χ2v) is 6.16. The predicted octanol–water partition coefficient (Wildman–Crippen LogP) is 4.28. The van der Waals surface area contributed by atoms with E-state index < -0.39 is 0 Å². The lowest BCUT2D eigenvalue weighted by Crippen LogP contribution is -2.29. The number of aryl methyl sites for hydroxylation is 1. The van der Waals surface area contributed by atoms with E-state index in [1.54, 1.807) is 7.11 Å². The fourth-order valence-electron chi connectivity index (χ4n) is 2.37. The van der Waals surface area contributed by atoms with Gasteiger partial charge in [0, 0.05) is 10.0 Å². The summed E-state index contributed by atoms with van der Waals surface area (Å²) in [5.74, 6) is 6.62. The van der Waals surface area contributed by atoms with E-state index in [0.29, 0.717) is 5.02 Å². The first-order chi connectivity index (χ1) is 9.99. The van der Waals surface area contributed by atoms with Crippen molar-refractivity contribution in [3.63, 3.8) is 0 Å². The summed E-state index contributed by atoms with van der Waals surface area (Å²) in [7, 11) is 1.67. The number of hydrogen-bond acceptors (Lipinski definition) is 3. The number of ether oxygens (including phenoxy) is 1. The van der Waals surface area contributed by atoms with Gasteiger partial charge in [-0.25, -0.2) is 5.43 Å². The molecule has 2 rings (SSSR count). The molecule has 0 saturated heterocycles. The van der Waals surface area contributed by atoms with Crippen LogP contribution in [0.25, 0.3) is 0 Å². The molecule has 0 aliphatic heterocycles. The molecule has 0 fully saturated rings. The van der Waals surface area contributed by atoms with E-state index in [-0.39, 0.29) is 6.04 Å². The zero-order valence-electron chi connectivity index (χ0n) is 12.2. The van der Waals surface area contributed by atoms with Crippen LogP contribution >= 0.6 is 27.5 Å². The fourth-order valence-corrected chi connectivity index (χ4v) is 2.80. The van der Waals surface area contributed by atoms with Crippen LogP contribution in [0.3, 0.4) is 0 Å². The molecule has 0 amide bonds. The van der Waals surface area contributed by atoms with Crippen LogP contribution in [0.1, 0.15) is 28.3 Å². The van der Waals surface area contributed by atoms with Crippen molar-refractivity contribution in [2.75, 3.05) is 7.11 Å². The van der Waals surface area contributed by atoms with Crippen LogP contribution in [0.2, 0.25) is 5.02 Å². The molecule has 1 atom stereocenters. The number of nitrogens with one attached hydrogen (secondary N) is 1. The first-order valence-corrected chi connectivity index (χ1v) is 7.71. The quantitative estimate of drug-likeness (QED) is 0.624. The highest BCUT2D eigenvalue weighted by Gasteiger charge is 2.19. The average Bonchev–Trinajstić information content (AvgIpc) is 2.47. The van der Waals surface area contributed by atoms with E-state index in [0.717, 1.165) is 26.9 Å². The van der Waals surface area contributed by atoms with Gasteiger partial charge < -0.3 is 4.74 Å². The van der Waals surface area contributed by atoms with Crippen LogP contribution in [-0.4, -0.2) is 7.11 Å². The first kappa shape index (κ1) is 16.3. The second kappa shape index (κ2) is 6.79. The molecule has 0 aromatic heterocycles. The van der Waals surface area contributed by atoms with Crippen molar-refractivity contribution in [3.05, 3.63) is 62.1 Å². The molecular formula is C16H18BrClN2O. The van der Waals surface area contributed by atoms with Crippen LogP contribution in [-0.2, 0) is 0 Å². The molecule has 0 saturated carbocycles. The summed E-state index contributed by atoms with van der Waals surface area (Å²) in [6, 6.07) is 9.69. The standard InChI is InChI=1S/C16H18BrClN2O/c1-9-4-6-12(16(21-3)10(9)2)15(20-19)11-5-7-13(17)14(18)8-11/h4-8,15,20H,19H2,1-3H3. The summed E-state index contributed by atoms with van der Waals surface area (Å²) in [4.78, 5) is 0. The van der Waals surface area contributed by atoms with Crippen LogP contribution in [0.15, 0.2) is 34.8 Å². The normalized spacial score (nSPS) is 12.3. The molecule has 0 aliphatic rings. The van der Waals surface area contributed by atoms with Crippen molar-refractivity contribution >= 4 is 27.5 Å². The van der Waals surface area contributed by atoms with Gasteiger partial charge in [0.1, 0.15) is 5.75 Å². The van der Waals surface area contributed by atoms with Crippen LogP contribution < -0.4 is 16.0 Å². The maximum absolute atomic E-state index is 6.19. The topological polar surface area (TPSA) is 47.3 Å². The molecule has 0 spiro atoms. The molecule has 2 aromatic carbocycles. The second-order valence-electron chi connectivity index (χ2n) is 4.90. The molecule has 2 aromatic rings. The lowest BCUT2D eigenvalue weighted by atomic mass is 9.94. The minimum absolute atomic E-state index is 0.190. The predicted molar refractivity (Wildman–Crippen MR) is 90.8 cm³/mol. The largest absolute Gasteiger partial charge is 0.496 e. The van der Waals surface area contributed by atoms with E-state index in [1.807, 2.05) is 31.2 Å². The minimum Gasteiger partial charge on any atom is -0.496 e. The zero-order chi connectivity index (χ0) is 15.6. The van der Waals surface area contributed by atoms with Crippen LogP contribution in [0.4, 0.5) is 0 Å². The van der Waals surface area contributed by atoms with Gasteiger partial charge in [0.05, 0.1) is 18.2 Å². The summed E-state index contributed by atoms with van der Waals surface area (Å²) in [5.41, 5.74) is 7.11. The summed E-state index contributed by atoms with van der Waals surface area (Å²) in [6.45, 7) is 4.10. The minimum atomic E-state index is -0.190. The lowest BCUT2D eigenvalue weighted by molar-refractivity contribution is 0.400. The maximum atomic E-state index is 6.19. The Hall–Kier alpha value is -1.07. The Labute approximate surface area is 138 Å². The van der Waals surface area contributed by atoms with Gasteiger partial charge in [-0.1, -0.05) is 29.8 Å². The summed E-state index contributed by atoms with van der Waals surface area (Å²) < 4.78 is 6.43. The van der Waals surface area contributed by atoms with Crippen molar-refractivity contribution in [2.45, 2.75) is 19.9 Å². The Morgan fingerprint density at radius 3 is 2.52 bits per heavy atom. The fraction of sp³-hybridized carbons (Fsp3) is 0.250. The van der Waals surface area contributed by atoms with Crippen molar-refractivity contribution in [3.8, 4) is 5.75 Å². The SMILES string of the molecule is COc1c(C(NN)c2ccc(Br)c(Cl)c2)ccc(C)c1C. The molecule has 112 valence electrons. The third-order valence-electron chi connectivity index (χ3n) is 3.67. The molecule has 1 unspecified atom stereocenters. The Bertz CT molecular complexity index is 661. The first-order valence-electron chi connectivity index (χ1n) is 6.54. The summed E-state index contributed by atoms with van der Waals surface area (Å²) >= 11 is 9.58. The molecule has 0 heterocycles. The van der Waals surface area contributed by atoms with E-state index in [9.17, 15) is 0 Å². The monoisotopic (exact) mass is 368 g/mol. The van der Waals surface area contributed by atoms with E-state index in [1.165, 1.54) is 5.56 Å². The van der Waals surface area contributed by atoms with Crippen molar-refractivity contribution in [2.24, 2.45) is 5.84 Å². The van der Waals surface area contributed by atoms with Crippen molar-refractivity contribution in [1.29, 1.82) is 0 Å². The Kier molecular flexibility index (Phi) is 5.27. The number of nitrogens with two attached hydrogens (primary N) is 1. The third-order valence-corrected chi connectivity index (χ3v) is 4.90. The number of rotatable bonds is 4. The molecule has 0 bridgehead atoms. The number of hydrogen-bond donors (Lipinski definition) is 2. The molecule has 3 nitrogen and oxygen atoms in total. The van der Waals surface area contributed by atoms with E-state index >= 15 is 0 Å². The Balaban J connectivity index is 2.56. The number of hydrazine groups is 1. The van der Waals surface area contributed by atoms with Gasteiger partial charge in [0.2, 0.25) is 0 Å². The maximum Gasteiger partial charge on any atom is 0.127 e. The summed E-state index contributed by atoms with van der Waals surface area (Å²) in [5, 5.41) is 0.649. The van der Waals surface area contributed by atoms with Gasteiger partial charge in [-0.15, -0.1) is 0 Å². The molecule has 5 heteroatoms. The lowest BCUT2D eigenvalue weighted by Gasteiger charge is -2.22. The molecule has 3 N–H and O–H groups in total. The molecule has 0 radical (unpaired) electrons. The highest BCUT2D eigenvalue weighted by atomic mass is 79.9. The van der Waals surface area contributed by atoms with Crippen LogP contribution in [0, 0.1) is 13.8 Å². The zero-order valence-corrected chi connectivity index (χ0v) is 14.5. The Morgan fingerprint density at radius 1 is 1.24 bits per heavy atom. The van der Waals surface area contributed by atoms with Crippen molar-refractivity contribution < 1.29 is 4.74 Å². The smallest absolute Gasteiger partial charge is 0.127 e. The number of methoxy groups -OCH3 is 1. The average molecular weight is 370 g/mol. The van der Waals surface area contributed by atoms with Gasteiger partial charge in [-0.3, -0.25) is 5.84 Å². The van der Waals surface area contributed by atoms with Gasteiger partial charge in [-0.05, 0) is 58.6 Å². The highest BCUT2D eigenvalue weighted by Crippen LogP contribution is 2.35. The van der Waals surface area contributed by atoms with Gasteiger partial charge in [-0.2, -0.15) is 0 Å². The van der Waals surface area contributed by atoms with Gasteiger partial charge in [0.15, 0.2) is 0 Å². The van der Waals surface area contributed by atoms with Gasteiger partial charge in [0.25, 0.3) is 0 Å². The van der Waals surface area contributed by atoms with Crippen molar-refractivity contribution in [1.82, 2.24) is 5.43 Å². The van der Waals surface area contributed by atoms with Gasteiger partial charge >= 0.3 is 0 Å².